The number of aliphatic hydroxyl groups is 1. The third-order valence-corrected chi connectivity index (χ3v) is 4.75. The third-order valence-electron chi connectivity index (χ3n) is 4.75. The van der Waals surface area contributed by atoms with Crippen molar-refractivity contribution in [3.8, 4) is 0 Å². The monoisotopic (exact) mass is 369 g/mol. The molecule has 1 saturated carbocycles. The average molecular weight is 369 g/mol. The Morgan fingerprint density at radius 2 is 1.92 bits per heavy atom. The van der Waals surface area contributed by atoms with Gasteiger partial charge in [-0.15, -0.1) is 0 Å². The van der Waals surface area contributed by atoms with Crippen LogP contribution in [0, 0.1) is 5.92 Å². The second kappa shape index (κ2) is 8.70. The number of rotatable bonds is 6. The molecule has 2 aliphatic rings. The molecule has 1 aliphatic heterocycles. The Morgan fingerprint density at radius 1 is 1.27 bits per heavy atom. The van der Waals surface area contributed by atoms with Gasteiger partial charge in [0.25, 0.3) is 5.91 Å². The highest BCUT2D eigenvalue weighted by molar-refractivity contribution is 5.83. The van der Waals surface area contributed by atoms with E-state index in [9.17, 15) is 19.5 Å². The zero-order valence-corrected chi connectivity index (χ0v) is 15.8. The van der Waals surface area contributed by atoms with Gasteiger partial charge in [0.1, 0.15) is 5.60 Å². The van der Waals surface area contributed by atoms with Crippen molar-refractivity contribution in [2.24, 2.45) is 5.92 Å². The molecule has 0 aromatic rings. The molecule has 1 aliphatic carbocycles. The lowest BCUT2D eigenvalue weighted by molar-refractivity contribution is -0.132. The normalized spacial score (nSPS) is 23.2. The largest absolute Gasteiger partial charge is 0.444 e. The van der Waals surface area contributed by atoms with E-state index in [0.717, 1.165) is 25.7 Å². The highest BCUT2D eigenvalue weighted by Crippen LogP contribution is 2.20. The number of carbonyl (C=O) groups excluding carboxylic acids is 3. The molecule has 148 valence electrons. The maximum Gasteiger partial charge on any atom is 0.407 e. The van der Waals surface area contributed by atoms with Gasteiger partial charge >= 0.3 is 6.09 Å². The maximum absolute atomic E-state index is 12.4. The summed E-state index contributed by atoms with van der Waals surface area (Å²) in [5, 5.41) is 18.7. The Balaban J connectivity index is 2.01. The molecule has 0 spiro atoms. The van der Waals surface area contributed by atoms with Crippen LogP contribution in [0.3, 0.4) is 0 Å². The zero-order valence-electron chi connectivity index (χ0n) is 15.8. The minimum absolute atomic E-state index is 0.0640. The van der Waals surface area contributed by atoms with Gasteiger partial charge in [0, 0.05) is 18.5 Å². The molecular formula is C18H31N3O5. The summed E-state index contributed by atoms with van der Waals surface area (Å²) >= 11 is 0. The molecular weight excluding hydrogens is 338 g/mol. The summed E-state index contributed by atoms with van der Waals surface area (Å²) in [6.45, 7) is 5.76. The predicted molar refractivity (Wildman–Crippen MR) is 95.3 cm³/mol. The highest BCUT2D eigenvalue weighted by Gasteiger charge is 2.35. The van der Waals surface area contributed by atoms with E-state index in [2.05, 4.69) is 16.0 Å². The summed E-state index contributed by atoms with van der Waals surface area (Å²) in [6.07, 6.45) is 2.56. The van der Waals surface area contributed by atoms with E-state index in [4.69, 9.17) is 4.74 Å². The molecule has 0 aromatic heterocycles. The van der Waals surface area contributed by atoms with Crippen LogP contribution in [0.25, 0.3) is 0 Å². The number of ether oxygens (including phenoxy) is 1. The molecule has 8 nitrogen and oxygen atoms in total. The second-order valence-corrected chi connectivity index (χ2v) is 8.20. The van der Waals surface area contributed by atoms with Gasteiger partial charge in [-0.3, -0.25) is 9.59 Å². The Kier molecular flexibility index (Phi) is 6.86. The Labute approximate surface area is 154 Å². The van der Waals surface area contributed by atoms with Crippen LogP contribution >= 0.6 is 0 Å². The van der Waals surface area contributed by atoms with Gasteiger partial charge in [-0.2, -0.15) is 0 Å². The Bertz CT molecular complexity index is 525. The standard InChI is InChI=1S/C18H31N3O5/c1-18(2,3)26-17(25)21-13(10-11-8-9-19-15(11)23)14(22)16(24)20-12-6-4-5-7-12/h11-14,22H,4-10H2,1-3H3,(H,19,23)(H,20,24)(H,21,25)/t11-,13-,14?/m0/s1. The second-order valence-electron chi connectivity index (χ2n) is 8.20. The number of carbonyl (C=O) groups is 3. The van der Waals surface area contributed by atoms with Gasteiger partial charge in [-0.1, -0.05) is 12.8 Å². The van der Waals surface area contributed by atoms with Crippen molar-refractivity contribution in [2.75, 3.05) is 6.54 Å². The van der Waals surface area contributed by atoms with Crippen molar-refractivity contribution in [3.63, 3.8) is 0 Å². The molecule has 0 aromatic carbocycles. The van der Waals surface area contributed by atoms with Gasteiger partial charge in [0.15, 0.2) is 6.10 Å². The van der Waals surface area contributed by atoms with Crippen molar-refractivity contribution in [1.82, 2.24) is 16.0 Å². The van der Waals surface area contributed by atoms with Crippen LogP contribution in [0.1, 0.15) is 59.3 Å². The molecule has 8 heteroatoms. The van der Waals surface area contributed by atoms with E-state index in [0.29, 0.717) is 13.0 Å². The number of amides is 3. The van der Waals surface area contributed by atoms with E-state index < -0.39 is 29.7 Å². The smallest absolute Gasteiger partial charge is 0.407 e. The van der Waals surface area contributed by atoms with E-state index in [1.807, 2.05) is 0 Å². The van der Waals surface area contributed by atoms with Crippen LogP contribution in [0.5, 0.6) is 0 Å². The van der Waals surface area contributed by atoms with Crippen molar-refractivity contribution < 1.29 is 24.2 Å². The molecule has 2 fully saturated rings. The predicted octanol–water partition coefficient (Wildman–Crippen LogP) is 0.826. The lowest BCUT2D eigenvalue weighted by Crippen LogP contribution is -2.53. The SMILES string of the molecule is CC(C)(C)OC(=O)N[C@@H](C[C@@H]1CCNC1=O)C(O)C(=O)NC1CCCC1. The summed E-state index contributed by atoms with van der Waals surface area (Å²) in [6, 6.07) is -0.825. The molecule has 1 unspecified atom stereocenters. The van der Waals surface area contributed by atoms with Crippen molar-refractivity contribution >= 4 is 17.9 Å². The van der Waals surface area contributed by atoms with Crippen molar-refractivity contribution in [1.29, 1.82) is 0 Å². The average Bonchev–Trinajstić information content (AvgIpc) is 3.16. The number of aliphatic hydroxyl groups excluding tert-OH is 1. The number of hydrogen-bond donors (Lipinski definition) is 4. The zero-order chi connectivity index (χ0) is 19.3. The minimum Gasteiger partial charge on any atom is -0.444 e. The molecule has 0 bridgehead atoms. The summed E-state index contributed by atoms with van der Waals surface area (Å²) < 4.78 is 5.23. The Morgan fingerprint density at radius 3 is 2.46 bits per heavy atom. The fourth-order valence-electron chi connectivity index (χ4n) is 3.44. The highest BCUT2D eigenvalue weighted by atomic mass is 16.6. The first-order valence-corrected chi connectivity index (χ1v) is 9.41. The first-order chi connectivity index (χ1) is 12.2. The van der Waals surface area contributed by atoms with Gasteiger partial charge in [0.2, 0.25) is 5.91 Å². The van der Waals surface area contributed by atoms with Gasteiger partial charge in [-0.05, 0) is 46.5 Å². The lowest BCUT2D eigenvalue weighted by atomic mass is 9.94. The molecule has 3 amide bonds. The molecule has 1 saturated heterocycles. The number of alkyl carbamates (subject to hydrolysis) is 1. The van der Waals surface area contributed by atoms with E-state index in [-0.39, 0.29) is 24.3 Å². The van der Waals surface area contributed by atoms with E-state index >= 15 is 0 Å². The molecule has 0 radical (unpaired) electrons. The third kappa shape index (κ3) is 6.16. The minimum atomic E-state index is -1.43. The van der Waals surface area contributed by atoms with Crippen LogP contribution < -0.4 is 16.0 Å². The fraction of sp³-hybridized carbons (Fsp3) is 0.833. The molecule has 26 heavy (non-hydrogen) atoms. The lowest BCUT2D eigenvalue weighted by Gasteiger charge is -2.28. The fourth-order valence-corrected chi connectivity index (χ4v) is 3.44. The van der Waals surface area contributed by atoms with Crippen LogP contribution in [-0.2, 0) is 14.3 Å². The van der Waals surface area contributed by atoms with Crippen LogP contribution in [0.15, 0.2) is 0 Å². The Hall–Kier alpha value is -1.83. The number of nitrogens with one attached hydrogen (secondary N) is 3. The summed E-state index contributed by atoms with van der Waals surface area (Å²) in [7, 11) is 0. The molecule has 1 heterocycles. The number of hydrogen-bond acceptors (Lipinski definition) is 5. The van der Waals surface area contributed by atoms with Crippen molar-refractivity contribution in [3.05, 3.63) is 0 Å². The van der Waals surface area contributed by atoms with Crippen LogP contribution in [-0.4, -0.2) is 53.3 Å². The summed E-state index contributed by atoms with van der Waals surface area (Å²) in [5.41, 5.74) is -0.698. The first kappa shape index (κ1) is 20.5. The van der Waals surface area contributed by atoms with Gasteiger partial charge in [-0.25, -0.2) is 4.79 Å². The quantitative estimate of drug-likeness (QED) is 0.553. The van der Waals surface area contributed by atoms with Crippen LogP contribution in [0.4, 0.5) is 4.79 Å². The van der Waals surface area contributed by atoms with E-state index in [1.165, 1.54) is 0 Å². The topological polar surface area (TPSA) is 117 Å². The maximum atomic E-state index is 12.4. The summed E-state index contributed by atoms with van der Waals surface area (Å²) in [5.74, 6) is -0.982. The van der Waals surface area contributed by atoms with Crippen LogP contribution in [0.2, 0.25) is 0 Å². The van der Waals surface area contributed by atoms with Crippen molar-refractivity contribution in [2.45, 2.75) is 83.1 Å². The van der Waals surface area contributed by atoms with E-state index in [1.54, 1.807) is 20.8 Å². The summed E-state index contributed by atoms with van der Waals surface area (Å²) in [4.78, 5) is 36.4. The molecule has 3 atom stereocenters. The molecule has 2 rings (SSSR count). The van der Waals surface area contributed by atoms with Gasteiger partial charge < -0.3 is 25.8 Å². The van der Waals surface area contributed by atoms with Gasteiger partial charge in [0.05, 0.1) is 6.04 Å². The first-order valence-electron chi connectivity index (χ1n) is 9.41. The molecule has 4 N–H and O–H groups in total.